The molecular formula is C39H50FN3O6. The van der Waals surface area contributed by atoms with Gasteiger partial charge in [0.1, 0.15) is 18.3 Å². The Kier molecular flexibility index (Phi) is 11.9. The maximum atomic E-state index is 14.3. The van der Waals surface area contributed by atoms with E-state index in [1.54, 1.807) is 46.2 Å². The van der Waals surface area contributed by atoms with Crippen LogP contribution < -0.4 is 5.32 Å². The average Bonchev–Trinajstić information content (AvgIpc) is 3.37. The molecule has 4 rings (SSSR count). The maximum absolute atomic E-state index is 14.3. The highest BCUT2D eigenvalue weighted by Gasteiger charge is 2.29. The fourth-order valence-corrected chi connectivity index (χ4v) is 6.15. The summed E-state index contributed by atoms with van der Waals surface area (Å²) in [6, 6.07) is 14.5. The van der Waals surface area contributed by atoms with Crippen LogP contribution in [-0.2, 0) is 45.1 Å². The Morgan fingerprint density at radius 2 is 1.73 bits per heavy atom. The number of aliphatic hydroxyl groups excluding tert-OH is 1. The van der Waals surface area contributed by atoms with Gasteiger partial charge < -0.3 is 29.2 Å². The van der Waals surface area contributed by atoms with Crippen LogP contribution in [0.5, 0.6) is 0 Å². The Labute approximate surface area is 288 Å². The number of fused-ring (bicyclic) bond motifs is 1. The molecule has 0 aliphatic rings. The number of alkyl carbamates (subject to hydrolysis) is 1. The number of carbonyl (C=O) groups is 2. The first-order chi connectivity index (χ1) is 23.1. The minimum atomic E-state index is -1.04. The van der Waals surface area contributed by atoms with E-state index in [1.807, 2.05) is 39.0 Å². The smallest absolute Gasteiger partial charge is 0.408 e. The maximum Gasteiger partial charge on any atom is 0.408 e. The minimum Gasteiger partial charge on any atom is -0.467 e. The topological polar surface area (TPSA) is 112 Å². The number of rotatable bonds is 13. The summed E-state index contributed by atoms with van der Waals surface area (Å²) in [4.78, 5) is 30.0. The van der Waals surface area contributed by atoms with Gasteiger partial charge in [0.15, 0.2) is 0 Å². The van der Waals surface area contributed by atoms with Crippen LogP contribution in [0.25, 0.3) is 33.3 Å². The second kappa shape index (κ2) is 15.5. The summed E-state index contributed by atoms with van der Waals surface area (Å²) in [6.45, 7) is 13.3. The van der Waals surface area contributed by atoms with Crippen molar-refractivity contribution < 1.29 is 33.3 Å². The number of halogens is 1. The Hall–Kier alpha value is -4.28. The van der Waals surface area contributed by atoms with Crippen molar-refractivity contribution in [2.24, 2.45) is 5.41 Å². The van der Waals surface area contributed by atoms with Crippen molar-refractivity contribution in [1.29, 1.82) is 0 Å². The summed E-state index contributed by atoms with van der Waals surface area (Å²) < 4.78 is 32.6. The molecule has 1 amide bonds. The van der Waals surface area contributed by atoms with Gasteiger partial charge in [0, 0.05) is 49.3 Å². The number of ether oxygens (including phenoxy) is 3. The number of nitrogens with one attached hydrogen (secondary N) is 1. The Morgan fingerprint density at radius 3 is 2.35 bits per heavy atom. The third-order valence-corrected chi connectivity index (χ3v) is 8.56. The van der Waals surface area contributed by atoms with Gasteiger partial charge in [0.2, 0.25) is 0 Å². The molecule has 0 saturated heterocycles. The van der Waals surface area contributed by atoms with Gasteiger partial charge >= 0.3 is 12.1 Å². The second-order valence-electron chi connectivity index (χ2n) is 14.2. The van der Waals surface area contributed by atoms with Crippen LogP contribution in [0.2, 0.25) is 0 Å². The fraction of sp³-hybridized carbons (Fsp3) is 0.462. The number of alkyl halides is 1. The minimum absolute atomic E-state index is 0.000102. The summed E-state index contributed by atoms with van der Waals surface area (Å²) in [5, 5.41) is 14.0. The molecule has 0 aliphatic carbocycles. The van der Waals surface area contributed by atoms with Crippen molar-refractivity contribution in [2.75, 3.05) is 20.8 Å². The van der Waals surface area contributed by atoms with Gasteiger partial charge in [-0.2, -0.15) is 0 Å². The zero-order chi connectivity index (χ0) is 36.1. The van der Waals surface area contributed by atoms with Gasteiger partial charge in [-0.15, -0.1) is 0 Å². The molecule has 0 spiro atoms. The number of methoxy groups -OCH3 is 2. The summed E-state index contributed by atoms with van der Waals surface area (Å²) in [5.74, 6) is -0.637. The van der Waals surface area contributed by atoms with Crippen LogP contribution in [0, 0.1) is 5.41 Å². The predicted octanol–water partition coefficient (Wildman–Crippen LogP) is 7.74. The zero-order valence-electron chi connectivity index (χ0n) is 30.1. The summed E-state index contributed by atoms with van der Waals surface area (Å²) >= 11 is 0. The standard InChI is InChI=1S/C39H50FN3O6/c1-10-43-33-14-13-27(20-30(33)31(21-39(6,7)23-44)35(43)29-12-11-15-41-34(29)24(2)47-8)28-17-25(16-26(18-28)22-40)19-32(36(45)48-9)42-37(46)49-38(3,4)5/h11-18,20,24,32,44H,10,19,21-23H2,1-9H3,(H,42,46)/t24-,32-/m0/s1. The molecule has 49 heavy (non-hydrogen) atoms. The number of aryl methyl sites for hydroxylation is 1. The van der Waals surface area contributed by atoms with Crippen LogP contribution in [0.1, 0.15) is 77.0 Å². The van der Waals surface area contributed by atoms with Gasteiger partial charge in [0.25, 0.3) is 0 Å². The van der Waals surface area contributed by atoms with Crippen molar-refractivity contribution in [2.45, 2.75) is 92.3 Å². The number of hydrogen-bond donors (Lipinski definition) is 2. The lowest BCUT2D eigenvalue weighted by Crippen LogP contribution is -2.45. The quantitative estimate of drug-likeness (QED) is 0.140. The lowest BCUT2D eigenvalue weighted by molar-refractivity contribution is -0.143. The lowest BCUT2D eigenvalue weighted by Gasteiger charge is -2.23. The Balaban J connectivity index is 1.89. The van der Waals surface area contributed by atoms with E-state index in [4.69, 9.17) is 19.2 Å². The molecular weight excluding hydrogens is 625 g/mol. The van der Waals surface area contributed by atoms with Crippen LogP contribution in [-0.4, -0.2) is 59.2 Å². The third kappa shape index (κ3) is 8.85. The molecule has 0 radical (unpaired) electrons. The van der Waals surface area contributed by atoms with Gasteiger partial charge in [-0.3, -0.25) is 4.98 Å². The monoisotopic (exact) mass is 675 g/mol. The first-order valence-electron chi connectivity index (χ1n) is 16.7. The number of pyridine rings is 1. The highest BCUT2D eigenvalue weighted by molar-refractivity contribution is 5.95. The number of carbonyl (C=O) groups excluding carboxylic acids is 2. The van der Waals surface area contributed by atoms with E-state index in [9.17, 15) is 19.1 Å². The normalized spacial score (nSPS) is 13.3. The van der Waals surface area contributed by atoms with Crippen LogP contribution in [0.4, 0.5) is 9.18 Å². The molecule has 264 valence electrons. The number of esters is 1. The number of benzene rings is 2. The zero-order valence-corrected chi connectivity index (χ0v) is 30.1. The number of hydrogen-bond acceptors (Lipinski definition) is 7. The molecule has 2 heterocycles. The van der Waals surface area contributed by atoms with Crippen molar-refractivity contribution in [3.05, 3.63) is 77.1 Å². The highest BCUT2D eigenvalue weighted by Crippen LogP contribution is 2.41. The van der Waals surface area contributed by atoms with Crippen molar-refractivity contribution in [1.82, 2.24) is 14.9 Å². The van der Waals surface area contributed by atoms with Crippen LogP contribution >= 0.6 is 0 Å². The third-order valence-electron chi connectivity index (χ3n) is 8.56. The van der Waals surface area contributed by atoms with E-state index in [2.05, 4.69) is 35.0 Å². The van der Waals surface area contributed by atoms with Gasteiger partial charge in [-0.25, -0.2) is 14.0 Å². The van der Waals surface area contributed by atoms with Crippen LogP contribution in [0.15, 0.2) is 54.7 Å². The van der Waals surface area contributed by atoms with E-state index in [0.29, 0.717) is 24.1 Å². The molecule has 2 atom stereocenters. The van der Waals surface area contributed by atoms with Gasteiger partial charge in [-0.05, 0) is 105 Å². The molecule has 0 bridgehead atoms. The number of aliphatic hydroxyl groups is 1. The SMILES string of the molecule is CCn1c(-c2cccnc2[C@H](C)OC)c(CC(C)(C)CO)c2cc(-c3cc(CF)cc(C[C@H](NC(=O)OC(C)(C)C)C(=O)OC)c3)ccc21. The number of aromatic nitrogens is 2. The second-order valence-corrected chi connectivity index (χ2v) is 14.2. The van der Waals surface area contributed by atoms with Crippen molar-refractivity contribution in [3.63, 3.8) is 0 Å². The molecule has 0 unspecified atom stereocenters. The first-order valence-corrected chi connectivity index (χ1v) is 16.7. The van der Waals surface area contributed by atoms with E-state index in [1.165, 1.54) is 7.11 Å². The largest absolute Gasteiger partial charge is 0.467 e. The average molecular weight is 676 g/mol. The van der Waals surface area contributed by atoms with Gasteiger partial charge in [-0.1, -0.05) is 32.0 Å². The van der Waals surface area contributed by atoms with Crippen molar-refractivity contribution in [3.8, 4) is 22.4 Å². The lowest BCUT2D eigenvalue weighted by atomic mass is 9.84. The van der Waals surface area contributed by atoms with Crippen LogP contribution in [0.3, 0.4) is 0 Å². The molecule has 2 N–H and O–H groups in total. The molecule has 9 nitrogen and oxygen atoms in total. The molecule has 10 heteroatoms. The summed E-state index contributed by atoms with van der Waals surface area (Å²) in [6.07, 6.45) is 1.44. The van der Waals surface area contributed by atoms with Crippen molar-refractivity contribution >= 4 is 23.0 Å². The number of amides is 1. The Morgan fingerprint density at radius 1 is 1.02 bits per heavy atom. The van der Waals surface area contributed by atoms with E-state index in [-0.39, 0.29) is 19.1 Å². The number of nitrogens with zero attached hydrogens (tertiary/aromatic N) is 2. The van der Waals surface area contributed by atoms with Gasteiger partial charge in [0.05, 0.1) is 24.6 Å². The summed E-state index contributed by atoms with van der Waals surface area (Å²) in [7, 11) is 2.92. The molecule has 4 aromatic rings. The molecule has 0 aliphatic heterocycles. The van der Waals surface area contributed by atoms with E-state index < -0.39 is 35.8 Å². The predicted molar refractivity (Wildman–Crippen MR) is 190 cm³/mol. The molecule has 2 aromatic heterocycles. The van der Waals surface area contributed by atoms with E-state index >= 15 is 0 Å². The first kappa shape index (κ1) is 37.5. The fourth-order valence-electron chi connectivity index (χ4n) is 6.15. The molecule has 0 saturated carbocycles. The Bertz CT molecular complexity index is 1790. The highest BCUT2D eigenvalue weighted by atomic mass is 19.1. The van der Waals surface area contributed by atoms with E-state index in [0.717, 1.165) is 44.5 Å². The molecule has 2 aromatic carbocycles. The summed E-state index contributed by atoms with van der Waals surface area (Å²) in [5.41, 5.74) is 6.46. The molecule has 0 fully saturated rings.